The average molecular weight is 716 g/mol. The van der Waals surface area contributed by atoms with Gasteiger partial charge >= 0.3 is 10.1 Å². The molecule has 1 aliphatic heterocycles. The molecule has 2 amide bonds. The number of carbonyl (C=O) groups excluding carboxylic acids is 2. The third-order valence-electron chi connectivity index (χ3n) is 5.44. The molecule has 40 heavy (non-hydrogen) atoms. The lowest BCUT2D eigenvalue weighted by Crippen LogP contribution is -2.32. The molecule has 0 N–H and O–H groups in total. The van der Waals surface area contributed by atoms with Crippen LogP contribution in [0.2, 0.25) is 5.02 Å². The number of thioether (sulfide) groups is 1. The SMILES string of the molecule is CCOc1cc(/C=C2\SC(=O)N(CCOc3ccccc3OC)C2=O)cc(I)c1OS(=O)(=O)c1ccc(Cl)cc1. The molecule has 0 saturated carbocycles. The molecule has 1 saturated heterocycles. The van der Waals surface area contributed by atoms with E-state index < -0.39 is 21.3 Å². The summed E-state index contributed by atoms with van der Waals surface area (Å²) >= 11 is 8.60. The van der Waals surface area contributed by atoms with Crippen molar-refractivity contribution >= 4 is 73.3 Å². The summed E-state index contributed by atoms with van der Waals surface area (Å²) in [5.41, 5.74) is 0.528. The van der Waals surface area contributed by atoms with E-state index in [2.05, 4.69) is 0 Å². The standard InChI is InChI=1S/C27H23ClINO8S2/c1-3-36-23-15-17(14-20(29)25(23)38-40(33,34)19-10-8-18(28)9-11-19)16-24-26(31)30(27(32)39-24)12-13-37-22-7-5-4-6-21(22)35-2/h4-11,14-16H,3,12-13H2,1-2H3/b24-16-. The van der Waals surface area contributed by atoms with Gasteiger partial charge in [-0.3, -0.25) is 14.5 Å². The molecule has 0 bridgehead atoms. The van der Waals surface area contributed by atoms with Crippen molar-refractivity contribution in [3.05, 3.63) is 79.7 Å². The van der Waals surface area contributed by atoms with Crippen LogP contribution in [0.3, 0.4) is 0 Å². The highest BCUT2D eigenvalue weighted by molar-refractivity contribution is 14.1. The molecule has 0 unspecified atom stereocenters. The largest absolute Gasteiger partial charge is 0.493 e. The summed E-state index contributed by atoms with van der Waals surface area (Å²) in [5.74, 6) is 0.770. The van der Waals surface area contributed by atoms with E-state index in [1.165, 1.54) is 31.4 Å². The van der Waals surface area contributed by atoms with Gasteiger partial charge in [0.1, 0.15) is 11.5 Å². The van der Waals surface area contributed by atoms with Gasteiger partial charge in [-0.15, -0.1) is 0 Å². The Morgan fingerprint density at radius 2 is 1.70 bits per heavy atom. The minimum Gasteiger partial charge on any atom is -0.493 e. The normalized spacial score (nSPS) is 14.5. The summed E-state index contributed by atoms with van der Waals surface area (Å²) in [6.07, 6.45) is 1.55. The van der Waals surface area contributed by atoms with Gasteiger partial charge in [-0.25, -0.2) is 0 Å². The lowest BCUT2D eigenvalue weighted by molar-refractivity contribution is -0.123. The predicted octanol–water partition coefficient (Wildman–Crippen LogP) is 6.23. The minimum atomic E-state index is -4.17. The van der Waals surface area contributed by atoms with Crippen molar-refractivity contribution in [3.63, 3.8) is 0 Å². The Morgan fingerprint density at radius 1 is 1.00 bits per heavy atom. The van der Waals surface area contributed by atoms with Crippen molar-refractivity contribution in [3.8, 4) is 23.0 Å². The second kappa shape index (κ2) is 13.1. The van der Waals surface area contributed by atoms with Crippen LogP contribution in [-0.4, -0.2) is 51.3 Å². The molecule has 1 heterocycles. The number of hydrogen-bond acceptors (Lipinski definition) is 9. The Labute approximate surface area is 254 Å². The van der Waals surface area contributed by atoms with Gasteiger partial charge in [-0.1, -0.05) is 23.7 Å². The topological polar surface area (TPSA) is 108 Å². The van der Waals surface area contributed by atoms with Gasteiger partial charge < -0.3 is 18.4 Å². The molecule has 3 aromatic carbocycles. The molecule has 3 aromatic rings. The first-order valence-electron chi connectivity index (χ1n) is 11.8. The summed E-state index contributed by atoms with van der Waals surface area (Å²) < 4.78 is 48.2. The fraction of sp³-hybridized carbons (Fsp3) is 0.185. The molecule has 0 radical (unpaired) electrons. The highest BCUT2D eigenvalue weighted by Crippen LogP contribution is 2.39. The minimum absolute atomic E-state index is 0.0103. The molecule has 0 atom stereocenters. The number of benzene rings is 3. The van der Waals surface area contributed by atoms with E-state index in [9.17, 15) is 18.0 Å². The second-order valence-corrected chi connectivity index (χ2v) is 12.2. The van der Waals surface area contributed by atoms with E-state index in [4.69, 9.17) is 30.0 Å². The average Bonchev–Trinajstić information content (AvgIpc) is 3.18. The summed E-state index contributed by atoms with van der Waals surface area (Å²) in [5, 5.41) is -0.0325. The molecule has 0 spiro atoms. The number of nitrogens with zero attached hydrogens (tertiary/aromatic N) is 1. The first kappa shape index (κ1) is 30.0. The number of hydrogen-bond donors (Lipinski definition) is 0. The molecule has 9 nitrogen and oxygen atoms in total. The quantitative estimate of drug-likeness (QED) is 0.130. The van der Waals surface area contributed by atoms with Crippen LogP contribution in [0.15, 0.2) is 70.5 Å². The van der Waals surface area contributed by atoms with E-state index in [1.807, 2.05) is 28.7 Å². The van der Waals surface area contributed by atoms with Crippen molar-refractivity contribution in [2.24, 2.45) is 0 Å². The molecule has 210 valence electrons. The van der Waals surface area contributed by atoms with Gasteiger partial charge in [-0.05, 0) is 101 Å². The zero-order valence-corrected chi connectivity index (χ0v) is 25.8. The maximum atomic E-state index is 13.0. The molecule has 1 fully saturated rings. The number of carbonyl (C=O) groups is 2. The smallest absolute Gasteiger partial charge is 0.339 e. The first-order valence-corrected chi connectivity index (χ1v) is 15.5. The van der Waals surface area contributed by atoms with E-state index in [-0.39, 0.29) is 41.1 Å². The zero-order chi connectivity index (χ0) is 28.9. The third-order valence-corrected chi connectivity index (χ3v) is 8.64. The number of rotatable bonds is 11. The van der Waals surface area contributed by atoms with Crippen LogP contribution in [-0.2, 0) is 14.9 Å². The fourth-order valence-corrected chi connectivity index (χ4v) is 6.44. The van der Waals surface area contributed by atoms with Gasteiger partial charge in [0.25, 0.3) is 11.1 Å². The van der Waals surface area contributed by atoms with Crippen molar-refractivity contribution in [1.29, 1.82) is 0 Å². The number of methoxy groups -OCH3 is 1. The molecule has 0 aliphatic carbocycles. The summed E-state index contributed by atoms with van der Waals surface area (Å²) in [4.78, 5) is 26.8. The lowest BCUT2D eigenvalue weighted by atomic mass is 10.2. The first-order chi connectivity index (χ1) is 19.1. The van der Waals surface area contributed by atoms with E-state index >= 15 is 0 Å². The predicted molar refractivity (Wildman–Crippen MR) is 161 cm³/mol. The molecular formula is C27H23ClINO8S2. The van der Waals surface area contributed by atoms with Crippen LogP contribution in [0.5, 0.6) is 23.0 Å². The fourth-order valence-electron chi connectivity index (χ4n) is 3.60. The van der Waals surface area contributed by atoms with E-state index in [0.717, 1.165) is 16.7 Å². The second-order valence-electron chi connectivity index (χ2n) is 8.09. The van der Waals surface area contributed by atoms with Crippen molar-refractivity contribution < 1.29 is 36.4 Å². The van der Waals surface area contributed by atoms with Crippen molar-refractivity contribution in [2.45, 2.75) is 11.8 Å². The summed E-state index contributed by atoms with van der Waals surface area (Å²) in [7, 11) is -2.65. The molecule has 0 aromatic heterocycles. The highest BCUT2D eigenvalue weighted by atomic mass is 127. The van der Waals surface area contributed by atoms with Crippen LogP contribution in [0.1, 0.15) is 12.5 Å². The van der Waals surface area contributed by atoms with Gasteiger partial charge in [0.15, 0.2) is 23.0 Å². The number of ether oxygens (including phenoxy) is 3. The van der Waals surface area contributed by atoms with Gasteiger partial charge in [-0.2, -0.15) is 8.42 Å². The Kier molecular flexibility index (Phi) is 9.87. The zero-order valence-electron chi connectivity index (χ0n) is 21.3. The van der Waals surface area contributed by atoms with E-state index in [1.54, 1.807) is 43.3 Å². The Balaban J connectivity index is 1.52. The van der Waals surface area contributed by atoms with Crippen LogP contribution < -0.4 is 18.4 Å². The monoisotopic (exact) mass is 715 g/mol. The van der Waals surface area contributed by atoms with Crippen LogP contribution in [0, 0.1) is 3.57 Å². The number of imide groups is 1. The number of para-hydroxylation sites is 2. The molecule has 1 aliphatic rings. The van der Waals surface area contributed by atoms with Crippen LogP contribution in [0.4, 0.5) is 4.79 Å². The Morgan fingerprint density at radius 3 is 2.38 bits per heavy atom. The van der Waals surface area contributed by atoms with Crippen LogP contribution in [0.25, 0.3) is 6.08 Å². The highest BCUT2D eigenvalue weighted by Gasteiger charge is 2.35. The van der Waals surface area contributed by atoms with Gasteiger partial charge in [0.2, 0.25) is 0 Å². The third kappa shape index (κ3) is 7.03. The molecule has 4 rings (SSSR count). The number of amides is 2. The lowest BCUT2D eigenvalue weighted by Gasteiger charge is -2.15. The number of halogens is 2. The van der Waals surface area contributed by atoms with Crippen molar-refractivity contribution in [1.82, 2.24) is 4.90 Å². The van der Waals surface area contributed by atoms with Gasteiger partial charge in [0, 0.05) is 5.02 Å². The Hall–Kier alpha value is -2.94. The maximum Gasteiger partial charge on any atom is 0.339 e. The van der Waals surface area contributed by atoms with Crippen LogP contribution >= 0.6 is 46.0 Å². The maximum absolute atomic E-state index is 13.0. The summed E-state index contributed by atoms with van der Waals surface area (Å²) in [6, 6.07) is 15.9. The van der Waals surface area contributed by atoms with E-state index in [0.29, 0.717) is 25.7 Å². The summed E-state index contributed by atoms with van der Waals surface area (Å²) in [6.45, 7) is 2.12. The molecular weight excluding hydrogens is 693 g/mol. The van der Waals surface area contributed by atoms with Crippen molar-refractivity contribution in [2.75, 3.05) is 26.9 Å². The Bertz CT molecular complexity index is 1560. The molecule has 13 heteroatoms. The van der Waals surface area contributed by atoms with Gasteiger partial charge in [0.05, 0.1) is 28.7 Å².